The van der Waals surface area contributed by atoms with E-state index in [1.807, 2.05) is 0 Å². The summed E-state index contributed by atoms with van der Waals surface area (Å²) in [4.78, 5) is 34.4. The van der Waals surface area contributed by atoms with Crippen LogP contribution in [0.2, 0.25) is 0 Å². The highest BCUT2D eigenvalue weighted by atomic mass is 16.5. The number of nitrogens with one attached hydrogen (secondary N) is 2. The van der Waals surface area contributed by atoms with Gasteiger partial charge in [-0.2, -0.15) is 0 Å². The van der Waals surface area contributed by atoms with Crippen molar-refractivity contribution in [2.75, 3.05) is 18.5 Å². The second-order valence-corrected chi connectivity index (χ2v) is 5.32. The quantitative estimate of drug-likeness (QED) is 0.659. The summed E-state index contributed by atoms with van der Waals surface area (Å²) < 4.78 is 5.31. The van der Waals surface area contributed by atoms with Crippen LogP contribution in [0.3, 0.4) is 0 Å². The van der Waals surface area contributed by atoms with E-state index in [4.69, 9.17) is 9.84 Å². The minimum atomic E-state index is -0.891. The number of carbonyl (C=O) groups is 3. The highest BCUT2D eigenvalue weighted by molar-refractivity contribution is 5.98. The van der Waals surface area contributed by atoms with Crippen LogP contribution in [0.25, 0.3) is 0 Å². The molecule has 1 aromatic carbocycles. The first-order chi connectivity index (χ1) is 11.1. The van der Waals surface area contributed by atoms with Crippen LogP contribution in [0.4, 0.5) is 5.69 Å². The zero-order chi connectivity index (χ0) is 16.7. The van der Waals surface area contributed by atoms with E-state index >= 15 is 0 Å². The van der Waals surface area contributed by atoms with E-state index in [9.17, 15) is 14.4 Å². The molecule has 3 N–H and O–H groups in total. The Hall–Kier alpha value is -2.41. The molecule has 124 valence electrons. The molecule has 1 fully saturated rings. The minimum absolute atomic E-state index is 0.0117. The maximum atomic E-state index is 12.0. The molecule has 1 aliphatic heterocycles. The fourth-order valence-corrected chi connectivity index (χ4v) is 2.29. The second-order valence-electron chi connectivity index (χ2n) is 5.32. The van der Waals surface area contributed by atoms with Crippen LogP contribution in [0.15, 0.2) is 24.3 Å². The van der Waals surface area contributed by atoms with Gasteiger partial charge in [-0.3, -0.25) is 14.4 Å². The molecule has 0 radical (unpaired) electrons. The van der Waals surface area contributed by atoms with Gasteiger partial charge in [0.15, 0.2) is 0 Å². The van der Waals surface area contributed by atoms with Crippen molar-refractivity contribution < 1.29 is 24.2 Å². The van der Waals surface area contributed by atoms with E-state index in [2.05, 4.69) is 10.6 Å². The summed E-state index contributed by atoms with van der Waals surface area (Å²) in [5.41, 5.74) is 0.939. The predicted molar refractivity (Wildman–Crippen MR) is 83.2 cm³/mol. The first kappa shape index (κ1) is 17.0. The molecule has 0 bridgehead atoms. The number of hydrogen-bond donors (Lipinski definition) is 3. The maximum Gasteiger partial charge on any atom is 0.303 e. The molecule has 1 aromatic rings. The van der Waals surface area contributed by atoms with Gasteiger partial charge in [0.25, 0.3) is 11.8 Å². The summed E-state index contributed by atoms with van der Waals surface area (Å²) >= 11 is 0. The van der Waals surface area contributed by atoms with E-state index in [-0.39, 0.29) is 24.8 Å². The fraction of sp³-hybridized carbons (Fsp3) is 0.438. The third-order valence-corrected chi connectivity index (χ3v) is 3.47. The number of benzene rings is 1. The lowest BCUT2D eigenvalue weighted by atomic mass is 10.1. The lowest BCUT2D eigenvalue weighted by molar-refractivity contribution is -0.137. The number of carboxylic acids is 1. The van der Waals surface area contributed by atoms with Crippen molar-refractivity contribution in [1.82, 2.24) is 5.32 Å². The van der Waals surface area contributed by atoms with E-state index in [0.717, 1.165) is 6.42 Å². The molecular weight excluding hydrogens is 300 g/mol. The van der Waals surface area contributed by atoms with Gasteiger partial charge in [-0.05, 0) is 37.5 Å². The normalized spacial score (nSPS) is 16.8. The Labute approximate surface area is 134 Å². The van der Waals surface area contributed by atoms with Gasteiger partial charge in [0.2, 0.25) is 0 Å². The number of hydrogen-bond acceptors (Lipinski definition) is 4. The molecule has 23 heavy (non-hydrogen) atoms. The summed E-state index contributed by atoms with van der Waals surface area (Å²) in [6, 6.07) is 6.60. The highest BCUT2D eigenvalue weighted by Crippen LogP contribution is 2.16. The van der Waals surface area contributed by atoms with Gasteiger partial charge in [0, 0.05) is 30.8 Å². The Balaban J connectivity index is 1.87. The molecule has 1 saturated heterocycles. The van der Waals surface area contributed by atoms with Crippen LogP contribution < -0.4 is 10.6 Å². The molecule has 1 heterocycles. The Bertz CT molecular complexity index is 582. The average molecular weight is 320 g/mol. The molecule has 0 spiro atoms. The van der Waals surface area contributed by atoms with E-state index < -0.39 is 12.1 Å². The van der Waals surface area contributed by atoms with Crippen LogP contribution in [0, 0.1) is 0 Å². The predicted octanol–water partition coefficient (Wildman–Crippen LogP) is 1.40. The van der Waals surface area contributed by atoms with Gasteiger partial charge in [-0.1, -0.05) is 6.07 Å². The number of ether oxygens (including phenoxy) is 1. The number of aliphatic carboxylic acids is 1. The molecule has 1 atom stereocenters. The van der Waals surface area contributed by atoms with Crippen molar-refractivity contribution in [1.29, 1.82) is 0 Å². The Morgan fingerprint density at radius 3 is 2.83 bits per heavy atom. The van der Waals surface area contributed by atoms with Gasteiger partial charge >= 0.3 is 5.97 Å². The Morgan fingerprint density at radius 2 is 2.13 bits per heavy atom. The lowest BCUT2D eigenvalue weighted by Gasteiger charge is -2.11. The van der Waals surface area contributed by atoms with Gasteiger partial charge in [0.1, 0.15) is 6.10 Å². The summed E-state index contributed by atoms with van der Waals surface area (Å²) in [7, 11) is 0. The molecule has 0 saturated carbocycles. The molecule has 2 rings (SSSR count). The Kier molecular flexibility index (Phi) is 6.10. The van der Waals surface area contributed by atoms with Crippen molar-refractivity contribution in [3.05, 3.63) is 29.8 Å². The summed E-state index contributed by atoms with van der Waals surface area (Å²) in [5.74, 6) is -1.40. The van der Waals surface area contributed by atoms with Gasteiger partial charge in [-0.15, -0.1) is 0 Å². The van der Waals surface area contributed by atoms with Gasteiger partial charge < -0.3 is 20.5 Å². The largest absolute Gasteiger partial charge is 0.481 e. The van der Waals surface area contributed by atoms with E-state index in [1.54, 1.807) is 24.3 Å². The first-order valence-corrected chi connectivity index (χ1v) is 7.59. The zero-order valence-corrected chi connectivity index (χ0v) is 12.7. The smallest absolute Gasteiger partial charge is 0.303 e. The topological polar surface area (TPSA) is 105 Å². The molecule has 1 unspecified atom stereocenters. The minimum Gasteiger partial charge on any atom is -0.481 e. The zero-order valence-electron chi connectivity index (χ0n) is 12.7. The molecule has 2 amide bonds. The molecule has 7 nitrogen and oxygen atoms in total. The number of carbonyl (C=O) groups excluding carboxylic acids is 2. The van der Waals surface area contributed by atoms with E-state index in [0.29, 0.717) is 30.7 Å². The molecule has 1 aliphatic rings. The number of amides is 2. The van der Waals surface area contributed by atoms with Crippen LogP contribution in [0.1, 0.15) is 36.0 Å². The standard InChI is InChI=1S/C16H20N2O5/c19-14(20)7-2-8-17-15(21)11-4-1-5-12(10-11)18-16(22)13-6-3-9-23-13/h1,4-5,10,13H,2-3,6-9H2,(H,17,21)(H,18,22)(H,19,20). The highest BCUT2D eigenvalue weighted by Gasteiger charge is 2.23. The van der Waals surface area contributed by atoms with Gasteiger partial charge in [-0.25, -0.2) is 0 Å². The summed E-state index contributed by atoms with van der Waals surface area (Å²) in [5, 5.41) is 13.9. The van der Waals surface area contributed by atoms with E-state index in [1.165, 1.54) is 0 Å². The van der Waals surface area contributed by atoms with Crippen LogP contribution in [-0.4, -0.2) is 42.1 Å². The molecule has 0 aromatic heterocycles. The molecule has 7 heteroatoms. The first-order valence-electron chi connectivity index (χ1n) is 7.59. The number of rotatable bonds is 7. The summed E-state index contributed by atoms with van der Waals surface area (Å²) in [6.07, 6.45) is 1.53. The van der Waals surface area contributed by atoms with Crippen LogP contribution in [-0.2, 0) is 14.3 Å². The van der Waals surface area contributed by atoms with Crippen LogP contribution >= 0.6 is 0 Å². The molecule has 0 aliphatic carbocycles. The second kappa shape index (κ2) is 8.28. The van der Waals surface area contributed by atoms with Crippen LogP contribution in [0.5, 0.6) is 0 Å². The molecular formula is C16H20N2O5. The number of anilines is 1. The third kappa shape index (κ3) is 5.37. The number of carboxylic acid groups (broad SMARTS) is 1. The average Bonchev–Trinajstić information content (AvgIpc) is 3.06. The Morgan fingerprint density at radius 1 is 1.30 bits per heavy atom. The van der Waals surface area contributed by atoms with Crippen molar-refractivity contribution in [3.8, 4) is 0 Å². The van der Waals surface area contributed by atoms with Gasteiger partial charge in [0.05, 0.1) is 0 Å². The third-order valence-electron chi connectivity index (χ3n) is 3.47. The summed E-state index contributed by atoms with van der Waals surface area (Å²) in [6.45, 7) is 0.883. The van der Waals surface area contributed by atoms with Crippen molar-refractivity contribution >= 4 is 23.5 Å². The van der Waals surface area contributed by atoms with Crippen molar-refractivity contribution in [2.24, 2.45) is 0 Å². The fourth-order valence-electron chi connectivity index (χ4n) is 2.29. The maximum absolute atomic E-state index is 12.0. The SMILES string of the molecule is O=C(O)CCCNC(=O)c1cccc(NC(=O)C2CCCO2)c1. The van der Waals surface area contributed by atoms with Crippen molar-refractivity contribution in [3.63, 3.8) is 0 Å². The monoisotopic (exact) mass is 320 g/mol. The lowest BCUT2D eigenvalue weighted by Crippen LogP contribution is -2.27. The van der Waals surface area contributed by atoms with Crippen molar-refractivity contribution in [2.45, 2.75) is 31.8 Å².